The second-order valence-electron chi connectivity index (χ2n) is 12.9. The first-order valence-corrected chi connectivity index (χ1v) is 16.9. The van der Waals surface area contributed by atoms with Crippen LogP contribution in [0.4, 0.5) is 11.4 Å². The molecule has 0 aliphatic rings. The van der Waals surface area contributed by atoms with Crippen LogP contribution in [0, 0.1) is 6.92 Å². The van der Waals surface area contributed by atoms with Crippen LogP contribution in [-0.4, -0.2) is 0 Å². The molecule has 232 valence electrons. The molecule has 5 aromatic rings. The average molecular weight is 595 g/mol. The van der Waals surface area contributed by atoms with E-state index >= 15 is 0 Å². The summed E-state index contributed by atoms with van der Waals surface area (Å²) >= 11 is 0. The van der Waals surface area contributed by atoms with Crippen LogP contribution in [0.3, 0.4) is 0 Å². The summed E-state index contributed by atoms with van der Waals surface area (Å²) in [4.78, 5) is 0. The van der Waals surface area contributed by atoms with Crippen molar-refractivity contribution in [2.24, 2.45) is 0 Å². The first kappa shape index (κ1) is 32.1. The zero-order valence-electron chi connectivity index (χ0n) is 27.3. The van der Waals surface area contributed by atoms with Crippen LogP contribution in [0.25, 0.3) is 0 Å². The Morgan fingerprint density at radius 2 is 0.822 bits per heavy atom. The molecule has 2 nitrogen and oxygen atoms in total. The number of unbranched alkanes of at least 4 members (excludes halogenated alkanes) is 5. The SMILES string of the molecule is CCCCCCCCc1cc(Cc2ccc(N)cc2)ccc1Cc1ccc(Cc2ccc(Cc3ccc(N)cc3)cc2)c(C)c1. The summed E-state index contributed by atoms with van der Waals surface area (Å²) in [5, 5.41) is 0. The predicted octanol–water partition coefficient (Wildman–Crippen LogP) is 10.4. The molecule has 0 saturated heterocycles. The van der Waals surface area contributed by atoms with Gasteiger partial charge in [-0.2, -0.15) is 0 Å². The second-order valence-corrected chi connectivity index (χ2v) is 12.9. The maximum atomic E-state index is 5.92. The van der Waals surface area contributed by atoms with Crippen LogP contribution in [0.2, 0.25) is 0 Å². The molecule has 0 radical (unpaired) electrons. The van der Waals surface area contributed by atoms with Crippen molar-refractivity contribution in [3.8, 4) is 0 Å². The van der Waals surface area contributed by atoms with E-state index in [2.05, 4.69) is 98.8 Å². The lowest BCUT2D eigenvalue weighted by molar-refractivity contribution is 0.606. The van der Waals surface area contributed by atoms with Crippen LogP contribution < -0.4 is 11.5 Å². The Labute approximate surface area is 271 Å². The van der Waals surface area contributed by atoms with E-state index < -0.39 is 0 Å². The van der Waals surface area contributed by atoms with Crippen LogP contribution >= 0.6 is 0 Å². The van der Waals surface area contributed by atoms with Gasteiger partial charge in [0.1, 0.15) is 0 Å². The summed E-state index contributed by atoms with van der Waals surface area (Å²) < 4.78 is 0. The lowest BCUT2D eigenvalue weighted by atomic mass is 9.91. The van der Waals surface area contributed by atoms with Gasteiger partial charge in [-0.05, 0) is 125 Å². The molecule has 5 aromatic carbocycles. The van der Waals surface area contributed by atoms with Gasteiger partial charge in [0.15, 0.2) is 0 Å². The highest BCUT2D eigenvalue weighted by atomic mass is 14.5. The Kier molecular flexibility index (Phi) is 11.5. The number of anilines is 2. The third-order valence-electron chi connectivity index (χ3n) is 9.07. The Morgan fingerprint density at radius 3 is 1.40 bits per heavy atom. The number of nitrogens with two attached hydrogens (primary N) is 2. The van der Waals surface area contributed by atoms with Crippen LogP contribution in [0.1, 0.15) is 101 Å². The molecule has 4 N–H and O–H groups in total. The molecule has 0 fully saturated rings. The Hall–Kier alpha value is -4.30. The number of benzene rings is 5. The summed E-state index contributed by atoms with van der Waals surface area (Å²) in [5.41, 5.74) is 27.2. The summed E-state index contributed by atoms with van der Waals surface area (Å²) in [5.74, 6) is 0. The van der Waals surface area contributed by atoms with E-state index in [0.717, 1.165) is 43.5 Å². The van der Waals surface area contributed by atoms with Crippen LogP contribution in [-0.2, 0) is 32.1 Å². The fourth-order valence-corrected chi connectivity index (χ4v) is 6.31. The molecule has 0 aliphatic carbocycles. The highest BCUT2D eigenvalue weighted by Gasteiger charge is 2.09. The number of rotatable bonds is 15. The van der Waals surface area contributed by atoms with Gasteiger partial charge in [-0.1, -0.05) is 124 Å². The maximum Gasteiger partial charge on any atom is 0.0314 e. The van der Waals surface area contributed by atoms with Crippen LogP contribution in [0.5, 0.6) is 0 Å². The second kappa shape index (κ2) is 16.1. The van der Waals surface area contributed by atoms with Gasteiger partial charge in [0.25, 0.3) is 0 Å². The molecule has 0 aliphatic heterocycles. The highest BCUT2D eigenvalue weighted by Crippen LogP contribution is 2.24. The first-order chi connectivity index (χ1) is 21.9. The van der Waals surface area contributed by atoms with Crippen molar-refractivity contribution in [1.82, 2.24) is 0 Å². The lowest BCUT2D eigenvalue weighted by Gasteiger charge is -2.14. The molecule has 0 unspecified atom stereocenters. The summed E-state index contributed by atoms with van der Waals surface area (Å²) in [6, 6.07) is 39.8. The molecule has 0 aromatic heterocycles. The molecule has 0 bridgehead atoms. The fourth-order valence-electron chi connectivity index (χ4n) is 6.31. The molecule has 45 heavy (non-hydrogen) atoms. The smallest absolute Gasteiger partial charge is 0.0314 e. The van der Waals surface area contributed by atoms with Gasteiger partial charge in [-0.25, -0.2) is 0 Å². The average Bonchev–Trinajstić information content (AvgIpc) is 3.04. The third-order valence-corrected chi connectivity index (χ3v) is 9.07. The van der Waals surface area contributed by atoms with Crippen molar-refractivity contribution in [2.75, 3.05) is 11.5 Å². The van der Waals surface area contributed by atoms with Gasteiger partial charge in [0, 0.05) is 11.4 Å². The van der Waals surface area contributed by atoms with E-state index in [1.165, 1.54) is 94.2 Å². The molecule has 0 heterocycles. The van der Waals surface area contributed by atoms with Gasteiger partial charge in [-0.15, -0.1) is 0 Å². The summed E-state index contributed by atoms with van der Waals surface area (Å²) in [6.45, 7) is 4.55. The van der Waals surface area contributed by atoms with E-state index in [9.17, 15) is 0 Å². The standard InChI is InChI=1S/C43H50N2/c1-3-4-5-6-7-8-9-40-31-38(28-35-18-24-43(45)25-19-35)15-21-41(40)30-37-14-20-39(32(2)26-37)29-36-12-10-33(11-13-36)27-34-16-22-42(44)23-17-34/h10-26,31H,3-9,27-30,44-45H2,1-2H3. The van der Waals surface area contributed by atoms with Gasteiger partial charge < -0.3 is 11.5 Å². The summed E-state index contributed by atoms with van der Waals surface area (Å²) in [6.07, 6.45) is 12.9. The third kappa shape index (κ3) is 9.85. The van der Waals surface area contributed by atoms with E-state index in [0.29, 0.717) is 0 Å². The van der Waals surface area contributed by atoms with Crippen molar-refractivity contribution in [1.29, 1.82) is 0 Å². The minimum absolute atomic E-state index is 0.812. The minimum Gasteiger partial charge on any atom is -0.399 e. The number of hydrogen-bond acceptors (Lipinski definition) is 2. The molecule has 0 amide bonds. The Balaban J connectivity index is 1.24. The van der Waals surface area contributed by atoms with Crippen molar-refractivity contribution in [3.63, 3.8) is 0 Å². The van der Waals surface area contributed by atoms with Crippen molar-refractivity contribution in [2.45, 2.75) is 84.5 Å². The predicted molar refractivity (Wildman–Crippen MR) is 194 cm³/mol. The zero-order chi connectivity index (χ0) is 31.4. The largest absolute Gasteiger partial charge is 0.399 e. The van der Waals surface area contributed by atoms with Gasteiger partial charge in [0.2, 0.25) is 0 Å². The normalized spacial score (nSPS) is 11.2. The van der Waals surface area contributed by atoms with Gasteiger partial charge >= 0.3 is 0 Å². The van der Waals surface area contributed by atoms with E-state index in [-0.39, 0.29) is 0 Å². The number of hydrogen-bond donors (Lipinski definition) is 2. The highest BCUT2D eigenvalue weighted by molar-refractivity contribution is 5.44. The fraction of sp³-hybridized carbons (Fsp3) is 0.302. The molecule has 0 spiro atoms. The van der Waals surface area contributed by atoms with Gasteiger partial charge in [-0.3, -0.25) is 0 Å². The maximum absolute atomic E-state index is 5.92. The number of aryl methyl sites for hydroxylation is 2. The monoisotopic (exact) mass is 594 g/mol. The van der Waals surface area contributed by atoms with Crippen molar-refractivity contribution < 1.29 is 0 Å². The Bertz CT molecular complexity index is 1630. The number of nitrogen functional groups attached to an aromatic ring is 2. The van der Waals surface area contributed by atoms with Gasteiger partial charge in [0.05, 0.1) is 0 Å². The van der Waals surface area contributed by atoms with E-state index in [4.69, 9.17) is 11.5 Å². The molecule has 0 saturated carbocycles. The molecular weight excluding hydrogens is 544 g/mol. The Morgan fingerprint density at radius 1 is 0.400 bits per heavy atom. The van der Waals surface area contributed by atoms with Crippen LogP contribution in [0.15, 0.2) is 109 Å². The lowest BCUT2D eigenvalue weighted by Crippen LogP contribution is -2.01. The molecule has 0 atom stereocenters. The quantitative estimate of drug-likeness (QED) is 0.0936. The molecular formula is C43H50N2. The molecule has 5 rings (SSSR count). The topological polar surface area (TPSA) is 52.0 Å². The molecule has 2 heteroatoms. The van der Waals surface area contributed by atoms with Crippen molar-refractivity contribution in [3.05, 3.63) is 165 Å². The van der Waals surface area contributed by atoms with E-state index in [1.807, 2.05) is 24.3 Å². The first-order valence-electron chi connectivity index (χ1n) is 16.9. The minimum atomic E-state index is 0.812. The van der Waals surface area contributed by atoms with E-state index in [1.54, 1.807) is 0 Å². The van der Waals surface area contributed by atoms with Crippen molar-refractivity contribution >= 4 is 11.4 Å². The zero-order valence-corrected chi connectivity index (χ0v) is 27.3. The summed E-state index contributed by atoms with van der Waals surface area (Å²) in [7, 11) is 0.